The van der Waals surface area contributed by atoms with E-state index in [4.69, 9.17) is 10.5 Å². The van der Waals surface area contributed by atoms with Crippen molar-refractivity contribution >= 4 is 11.8 Å². The van der Waals surface area contributed by atoms with E-state index < -0.39 is 18.1 Å². The Labute approximate surface area is 116 Å². The third-order valence-corrected chi connectivity index (χ3v) is 3.78. The molecule has 3 rings (SSSR count). The number of ether oxygens (including phenoxy) is 1. The summed E-state index contributed by atoms with van der Waals surface area (Å²) in [7, 11) is 0. The highest BCUT2D eigenvalue weighted by Crippen LogP contribution is 2.29. The molecule has 2 unspecified atom stereocenters. The minimum absolute atomic E-state index is 0.161. The van der Waals surface area contributed by atoms with E-state index in [9.17, 15) is 9.59 Å². The van der Waals surface area contributed by atoms with Gasteiger partial charge in [0.05, 0.1) is 0 Å². The first-order valence-electron chi connectivity index (χ1n) is 6.72. The number of amides is 2. The number of carbonyl (C=O) groups is 2. The van der Waals surface area contributed by atoms with E-state index >= 15 is 0 Å². The van der Waals surface area contributed by atoms with Crippen LogP contribution in [0.25, 0.3) is 0 Å². The Morgan fingerprint density at radius 2 is 2.15 bits per heavy atom. The maximum absolute atomic E-state index is 12.5. The number of nitrogens with one attached hydrogen (secondary N) is 1. The van der Waals surface area contributed by atoms with Crippen LogP contribution in [0.3, 0.4) is 0 Å². The van der Waals surface area contributed by atoms with Gasteiger partial charge in [-0.05, 0) is 11.6 Å². The lowest BCUT2D eigenvalue weighted by molar-refractivity contribution is -0.145. The van der Waals surface area contributed by atoms with Crippen molar-refractivity contribution in [2.24, 2.45) is 5.73 Å². The Balaban J connectivity index is 1.75. The molecule has 0 spiro atoms. The van der Waals surface area contributed by atoms with Crippen LogP contribution in [0.1, 0.15) is 5.56 Å². The quantitative estimate of drug-likeness (QED) is 0.745. The molecule has 0 saturated carbocycles. The normalized spacial score (nSPS) is 24.9. The predicted molar refractivity (Wildman–Crippen MR) is 72.1 cm³/mol. The van der Waals surface area contributed by atoms with Crippen LogP contribution >= 0.6 is 0 Å². The van der Waals surface area contributed by atoms with Gasteiger partial charge in [-0.25, -0.2) is 0 Å². The average molecular weight is 275 g/mol. The van der Waals surface area contributed by atoms with Crippen molar-refractivity contribution in [2.45, 2.75) is 18.6 Å². The third-order valence-electron chi connectivity index (χ3n) is 3.78. The van der Waals surface area contributed by atoms with E-state index in [-0.39, 0.29) is 5.91 Å². The Bertz CT molecular complexity index is 521. The SMILES string of the molecule is NC(=O)C1CNCCN1C(=O)C1Cc2ccccc2O1. The zero-order chi connectivity index (χ0) is 14.1. The fourth-order valence-electron chi connectivity index (χ4n) is 2.73. The van der Waals surface area contributed by atoms with Crippen molar-refractivity contribution in [1.82, 2.24) is 10.2 Å². The summed E-state index contributed by atoms with van der Waals surface area (Å²) < 4.78 is 5.69. The minimum atomic E-state index is -0.594. The van der Waals surface area contributed by atoms with Gasteiger partial charge in [0, 0.05) is 26.1 Å². The largest absolute Gasteiger partial charge is 0.480 e. The molecule has 1 saturated heterocycles. The van der Waals surface area contributed by atoms with Gasteiger partial charge in [0.15, 0.2) is 6.10 Å². The summed E-state index contributed by atoms with van der Waals surface area (Å²) in [4.78, 5) is 25.5. The monoisotopic (exact) mass is 275 g/mol. The van der Waals surface area contributed by atoms with E-state index in [1.54, 1.807) is 0 Å². The standard InChI is InChI=1S/C14H17N3O3/c15-13(18)10-8-16-5-6-17(10)14(19)12-7-9-3-1-2-4-11(9)20-12/h1-4,10,12,16H,5-8H2,(H2,15,18). The number of hydrogen-bond acceptors (Lipinski definition) is 4. The van der Waals surface area contributed by atoms with Crippen LogP contribution in [0.4, 0.5) is 0 Å². The van der Waals surface area contributed by atoms with Gasteiger partial charge in [0.2, 0.25) is 5.91 Å². The van der Waals surface area contributed by atoms with Gasteiger partial charge in [0.1, 0.15) is 11.8 Å². The number of benzene rings is 1. The van der Waals surface area contributed by atoms with Gasteiger partial charge in [0.25, 0.3) is 5.91 Å². The lowest BCUT2D eigenvalue weighted by Gasteiger charge is -2.35. The maximum Gasteiger partial charge on any atom is 0.264 e. The number of rotatable bonds is 2. The van der Waals surface area contributed by atoms with E-state index in [0.29, 0.717) is 26.1 Å². The van der Waals surface area contributed by atoms with Gasteiger partial charge in [-0.15, -0.1) is 0 Å². The molecule has 1 aromatic carbocycles. The second kappa shape index (κ2) is 5.13. The summed E-state index contributed by atoms with van der Waals surface area (Å²) in [5.41, 5.74) is 6.39. The summed E-state index contributed by atoms with van der Waals surface area (Å²) in [6, 6.07) is 7.01. The Morgan fingerprint density at radius 3 is 2.90 bits per heavy atom. The van der Waals surface area contributed by atoms with Crippen molar-refractivity contribution in [2.75, 3.05) is 19.6 Å². The molecule has 6 nitrogen and oxygen atoms in total. The summed E-state index contributed by atoms with van der Waals surface area (Å²) in [5, 5.41) is 3.07. The number of carbonyl (C=O) groups excluding carboxylic acids is 2. The zero-order valence-electron chi connectivity index (χ0n) is 11.0. The van der Waals surface area contributed by atoms with Crippen molar-refractivity contribution in [3.63, 3.8) is 0 Å². The van der Waals surface area contributed by atoms with Crippen LogP contribution in [0, 0.1) is 0 Å². The average Bonchev–Trinajstić information content (AvgIpc) is 2.90. The van der Waals surface area contributed by atoms with Crippen LogP contribution in [-0.4, -0.2) is 48.5 Å². The molecule has 0 bridgehead atoms. The van der Waals surface area contributed by atoms with Gasteiger partial charge in [-0.1, -0.05) is 18.2 Å². The van der Waals surface area contributed by atoms with E-state index in [1.165, 1.54) is 4.90 Å². The van der Waals surface area contributed by atoms with Crippen molar-refractivity contribution in [3.8, 4) is 5.75 Å². The molecule has 1 fully saturated rings. The molecule has 2 aliphatic rings. The lowest BCUT2D eigenvalue weighted by Crippen LogP contribution is -2.61. The van der Waals surface area contributed by atoms with E-state index in [0.717, 1.165) is 11.3 Å². The van der Waals surface area contributed by atoms with Crippen LogP contribution in [0.2, 0.25) is 0 Å². The Morgan fingerprint density at radius 1 is 1.35 bits per heavy atom. The van der Waals surface area contributed by atoms with E-state index in [1.807, 2.05) is 24.3 Å². The van der Waals surface area contributed by atoms with Gasteiger partial charge < -0.3 is 20.7 Å². The highest BCUT2D eigenvalue weighted by Gasteiger charge is 2.38. The molecule has 0 aliphatic carbocycles. The molecule has 2 atom stereocenters. The smallest absolute Gasteiger partial charge is 0.264 e. The molecular weight excluding hydrogens is 258 g/mol. The number of primary amides is 1. The molecular formula is C14H17N3O3. The topological polar surface area (TPSA) is 84.7 Å². The lowest BCUT2D eigenvalue weighted by atomic mass is 10.1. The van der Waals surface area contributed by atoms with Gasteiger partial charge in [-0.3, -0.25) is 9.59 Å². The first-order valence-corrected chi connectivity index (χ1v) is 6.72. The summed E-state index contributed by atoms with van der Waals surface area (Å²) >= 11 is 0. The second-order valence-electron chi connectivity index (χ2n) is 5.07. The number of fused-ring (bicyclic) bond motifs is 1. The minimum Gasteiger partial charge on any atom is -0.480 e. The fourth-order valence-corrected chi connectivity index (χ4v) is 2.73. The summed E-state index contributed by atoms with van der Waals surface area (Å²) in [6.07, 6.45) is -0.00270. The molecule has 2 amide bonds. The molecule has 0 aromatic heterocycles. The summed E-state index contributed by atoms with van der Waals surface area (Å²) in [6.45, 7) is 1.54. The van der Waals surface area contributed by atoms with Crippen molar-refractivity contribution < 1.29 is 14.3 Å². The highest BCUT2D eigenvalue weighted by molar-refractivity contribution is 5.89. The van der Waals surface area contributed by atoms with Crippen LogP contribution in [0.15, 0.2) is 24.3 Å². The Kier molecular flexibility index (Phi) is 3.31. The molecule has 106 valence electrons. The van der Waals surface area contributed by atoms with Gasteiger partial charge >= 0.3 is 0 Å². The maximum atomic E-state index is 12.5. The zero-order valence-corrected chi connectivity index (χ0v) is 11.0. The second-order valence-corrected chi connectivity index (χ2v) is 5.07. The molecule has 0 radical (unpaired) electrons. The van der Waals surface area contributed by atoms with E-state index in [2.05, 4.69) is 5.32 Å². The number of hydrogen-bond donors (Lipinski definition) is 2. The third kappa shape index (κ3) is 2.22. The first kappa shape index (κ1) is 12.9. The highest BCUT2D eigenvalue weighted by atomic mass is 16.5. The number of nitrogens with two attached hydrogens (primary N) is 1. The number of nitrogens with zero attached hydrogens (tertiary/aromatic N) is 1. The van der Waals surface area contributed by atoms with Crippen LogP contribution in [0.5, 0.6) is 5.75 Å². The molecule has 1 aromatic rings. The van der Waals surface area contributed by atoms with Crippen molar-refractivity contribution in [3.05, 3.63) is 29.8 Å². The molecule has 20 heavy (non-hydrogen) atoms. The molecule has 2 aliphatic heterocycles. The number of para-hydroxylation sites is 1. The first-order chi connectivity index (χ1) is 9.66. The summed E-state index contributed by atoms with van der Waals surface area (Å²) in [5.74, 6) is 0.101. The van der Waals surface area contributed by atoms with Crippen LogP contribution < -0.4 is 15.8 Å². The van der Waals surface area contributed by atoms with Crippen LogP contribution in [-0.2, 0) is 16.0 Å². The number of piperazine rings is 1. The predicted octanol–water partition coefficient (Wildman–Crippen LogP) is -0.724. The van der Waals surface area contributed by atoms with Gasteiger partial charge in [-0.2, -0.15) is 0 Å². The Hall–Kier alpha value is -2.08. The van der Waals surface area contributed by atoms with Crippen molar-refractivity contribution in [1.29, 1.82) is 0 Å². The molecule has 2 heterocycles. The fraction of sp³-hybridized carbons (Fsp3) is 0.429. The molecule has 6 heteroatoms. The molecule has 3 N–H and O–H groups in total.